The zero-order valence-electron chi connectivity index (χ0n) is 13.7. The van der Waals surface area contributed by atoms with Crippen molar-refractivity contribution in [2.24, 2.45) is 11.1 Å². The summed E-state index contributed by atoms with van der Waals surface area (Å²) in [5.41, 5.74) is 6.64. The molecule has 1 amide bonds. The first-order valence-electron chi connectivity index (χ1n) is 7.01. The second-order valence-corrected chi connectivity index (χ2v) is 6.79. The second kappa shape index (κ2) is 8.73. The van der Waals surface area contributed by atoms with Gasteiger partial charge < -0.3 is 15.8 Å². The summed E-state index contributed by atoms with van der Waals surface area (Å²) in [6, 6.07) is 6.63. The largest absolute Gasteiger partial charge is 0.375 e. The summed E-state index contributed by atoms with van der Waals surface area (Å²) < 4.78 is 5.51. The van der Waals surface area contributed by atoms with Crippen molar-refractivity contribution >= 4 is 29.9 Å². The van der Waals surface area contributed by atoms with Crippen LogP contribution in [0.1, 0.15) is 39.4 Å². The van der Waals surface area contributed by atoms with Crippen molar-refractivity contribution in [2.45, 2.75) is 45.9 Å². The molecule has 0 heterocycles. The average Bonchev–Trinajstić information content (AvgIpc) is 2.39. The van der Waals surface area contributed by atoms with Gasteiger partial charge in [0.1, 0.15) is 6.10 Å². The lowest BCUT2D eigenvalue weighted by Crippen LogP contribution is -2.52. The molecule has 6 heteroatoms. The summed E-state index contributed by atoms with van der Waals surface area (Å²) in [7, 11) is 1.62. The van der Waals surface area contributed by atoms with E-state index in [4.69, 9.17) is 22.1 Å². The second-order valence-electron chi connectivity index (χ2n) is 6.35. The van der Waals surface area contributed by atoms with Gasteiger partial charge in [-0.25, -0.2) is 0 Å². The lowest BCUT2D eigenvalue weighted by molar-refractivity contribution is -0.126. The van der Waals surface area contributed by atoms with Gasteiger partial charge in [-0.05, 0) is 30.0 Å². The maximum absolute atomic E-state index is 12.2. The predicted molar refractivity (Wildman–Crippen MR) is 93.5 cm³/mol. The van der Waals surface area contributed by atoms with Crippen molar-refractivity contribution in [3.63, 3.8) is 0 Å². The summed E-state index contributed by atoms with van der Waals surface area (Å²) >= 11 is 5.89. The van der Waals surface area contributed by atoms with Crippen molar-refractivity contribution in [3.8, 4) is 0 Å². The van der Waals surface area contributed by atoms with Gasteiger partial charge in [-0.15, -0.1) is 12.4 Å². The average molecular weight is 349 g/mol. The number of hydrogen-bond donors (Lipinski definition) is 2. The number of halogens is 2. The van der Waals surface area contributed by atoms with Crippen molar-refractivity contribution < 1.29 is 9.53 Å². The first-order chi connectivity index (χ1) is 9.66. The first-order valence-corrected chi connectivity index (χ1v) is 7.39. The Balaban J connectivity index is 0.00000441. The van der Waals surface area contributed by atoms with E-state index in [0.29, 0.717) is 5.02 Å². The number of carbonyl (C=O) groups is 1. The number of rotatable bonds is 5. The quantitative estimate of drug-likeness (QED) is 0.857. The molecule has 0 fully saturated rings. The fraction of sp³-hybridized carbons (Fsp3) is 0.562. The van der Waals surface area contributed by atoms with E-state index in [9.17, 15) is 4.79 Å². The van der Waals surface area contributed by atoms with Crippen LogP contribution in [-0.2, 0) is 9.53 Å². The third kappa shape index (κ3) is 5.76. The molecule has 0 saturated heterocycles. The monoisotopic (exact) mass is 348 g/mol. The van der Waals surface area contributed by atoms with Crippen LogP contribution in [-0.4, -0.2) is 25.1 Å². The Morgan fingerprint density at radius 3 is 2.18 bits per heavy atom. The fourth-order valence-electron chi connectivity index (χ4n) is 2.06. The van der Waals surface area contributed by atoms with Gasteiger partial charge in [0, 0.05) is 12.1 Å². The van der Waals surface area contributed by atoms with E-state index in [2.05, 4.69) is 5.32 Å². The highest BCUT2D eigenvalue weighted by atomic mass is 35.5. The molecule has 2 unspecified atom stereocenters. The molecule has 126 valence electrons. The molecule has 4 nitrogen and oxygen atoms in total. The summed E-state index contributed by atoms with van der Waals surface area (Å²) in [5, 5.41) is 3.60. The Kier molecular flexibility index (Phi) is 8.40. The molecule has 0 aliphatic rings. The molecular formula is C16H26Cl2N2O2. The van der Waals surface area contributed by atoms with E-state index < -0.39 is 6.04 Å². The summed E-state index contributed by atoms with van der Waals surface area (Å²) in [6.45, 7) is 7.72. The van der Waals surface area contributed by atoms with Crippen molar-refractivity contribution in [1.82, 2.24) is 5.32 Å². The Labute approximate surface area is 144 Å². The van der Waals surface area contributed by atoms with Crippen LogP contribution in [0.15, 0.2) is 24.3 Å². The van der Waals surface area contributed by atoms with Crippen LogP contribution in [0.2, 0.25) is 5.02 Å². The number of amides is 1. The molecule has 0 aliphatic carbocycles. The minimum absolute atomic E-state index is 0. The number of hydrogen-bond acceptors (Lipinski definition) is 3. The highest BCUT2D eigenvalue weighted by Gasteiger charge is 2.30. The van der Waals surface area contributed by atoms with Gasteiger partial charge in [-0.1, -0.05) is 44.5 Å². The third-order valence-corrected chi connectivity index (χ3v) is 3.74. The molecule has 0 aromatic heterocycles. The van der Waals surface area contributed by atoms with Crippen molar-refractivity contribution in [2.75, 3.05) is 7.11 Å². The molecule has 3 atom stereocenters. The SMILES string of the molecule is COC(c1ccc(Cl)cc1)C(C)NC(=O)[C@@H](N)C(C)(C)C.Cl. The molecule has 0 aliphatic heterocycles. The maximum Gasteiger partial charge on any atom is 0.237 e. The van der Waals surface area contributed by atoms with Crippen LogP contribution in [0, 0.1) is 5.41 Å². The topological polar surface area (TPSA) is 64.3 Å². The lowest BCUT2D eigenvalue weighted by atomic mass is 9.86. The smallest absolute Gasteiger partial charge is 0.237 e. The zero-order chi connectivity index (χ0) is 16.2. The van der Waals surface area contributed by atoms with Gasteiger partial charge in [0.15, 0.2) is 0 Å². The van der Waals surface area contributed by atoms with E-state index in [0.717, 1.165) is 5.56 Å². The van der Waals surface area contributed by atoms with Crippen LogP contribution < -0.4 is 11.1 Å². The molecule has 0 bridgehead atoms. The van der Waals surface area contributed by atoms with E-state index in [1.54, 1.807) is 19.2 Å². The Morgan fingerprint density at radius 2 is 1.77 bits per heavy atom. The van der Waals surface area contributed by atoms with Gasteiger partial charge in [-0.2, -0.15) is 0 Å². The molecule has 1 aromatic rings. The summed E-state index contributed by atoms with van der Waals surface area (Å²) in [5.74, 6) is -0.175. The van der Waals surface area contributed by atoms with Gasteiger partial charge in [0.2, 0.25) is 5.91 Å². The molecule has 1 rings (SSSR count). The number of nitrogens with two attached hydrogens (primary N) is 1. The molecule has 0 saturated carbocycles. The summed E-state index contributed by atoms with van der Waals surface area (Å²) in [6.07, 6.45) is -0.251. The minimum atomic E-state index is -0.567. The predicted octanol–water partition coefficient (Wildman–Crippen LogP) is 3.33. The highest BCUT2D eigenvalue weighted by Crippen LogP contribution is 2.23. The standard InChI is InChI=1S/C16H25ClN2O2.ClH/c1-10(19-15(20)14(18)16(2,3)4)13(21-5)11-6-8-12(17)9-7-11;/h6-10,13-14H,18H2,1-5H3,(H,19,20);1H/t10?,13?,14-;/m1./s1. The van der Waals surface area contributed by atoms with E-state index in [1.165, 1.54) is 0 Å². The zero-order valence-corrected chi connectivity index (χ0v) is 15.3. The van der Waals surface area contributed by atoms with E-state index in [-0.39, 0.29) is 35.9 Å². The molecular weight excluding hydrogens is 323 g/mol. The van der Waals surface area contributed by atoms with Gasteiger partial charge in [0.25, 0.3) is 0 Å². The normalized spacial score (nSPS) is 15.4. The van der Waals surface area contributed by atoms with E-state index in [1.807, 2.05) is 39.8 Å². The number of benzene rings is 1. The molecule has 0 radical (unpaired) electrons. The third-order valence-electron chi connectivity index (χ3n) is 3.49. The Hall–Kier alpha value is -0.810. The number of nitrogens with one attached hydrogen (secondary N) is 1. The molecule has 3 N–H and O–H groups in total. The minimum Gasteiger partial charge on any atom is -0.375 e. The van der Waals surface area contributed by atoms with Gasteiger partial charge >= 0.3 is 0 Å². The molecule has 1 aromatic carbocycles. The van der Waals surface area contributed by atoms with Gasteiger partial charge in [-0.3, -0.25) is 4.79 Å². The van der Waals surface area contributed by atoms with Crippen molar-refractivity contribution in [1.29, 1.82) is 0 Å². The number of methoxy groups -OCH3 is 1. The molecule has 22 heavy (non-hydrogen) atoms. The maximum atomic E-state index is 12.2. The van der Waals surface area contributed by atoms with Crippen LogP contribution in [0.4, 0.5) is 0 Å². The van der Waals surface area contributed by atoms with Crippen LogP contribution in [0.5, 0.6) is 0 Å². The number of ether oxygens (including phenoxy) is 1. The van der Waals surface area contributed by atoms with E-state index >= 15 is 0 Å². The van der Waals surface area contributed by atoms with Crippen LogP contribution in [0.3, 0.4) is 0 Å². The highest BCUT2D eigenvalue weighted by molar-refractivity contribution is 6.30. The lowest BCUT2D eigenvalue weighted by Gasteiger charge is -2.30. The number of carbonyl (C=O) groups excluding carboxylic acids is 1. The summed E-state index contributed by atoms with van der Waals surface area (Å²) in [4.78, 5) is 12.2. The first kappa shape index (κ1) is 21.2. The van der Waals surface area contributed by atoms with Gasteiger partial charge in [0.05, 0.1) is 12.1 Å². The van der Waals surface area contributed by atoms with Crippen molar-refractivity contribution in [3.05, 3.63) is 34.9 Å². The Morgan fingerprint density at radius 1 is 1.27 bits per heavy atom. The Bertz CT molecular complexity index is 472. The van der Waals surface area contributed by atoms with Crippen LogP contribution in [0.25, 0.3) is 0 Å². The fourth-order valence-corrected chi connectivity index (χ4v) is 2.19. The molecule has 0 spiro atoms. The van der Waals surface area contributed by atoms with Crippen LogP contribution >= 0.6 is 24.0 Å².